The Morgan fingerprint density at radius 2 is 2.08 bits per heavy atom. The Balaban J connectivity index is 1.64. The molecular weight excluding hydrogens is 344 g/mol. The molecule has 1 saturated heterocycles. The summed E-state index contributed by atoms with van der Waals surface area (Å²) < 4.78 is 28.4. The number of para-hydroxylation sites is 1. The lowest BCUT2D eigenvalue weighted by molar-refractivity contribution is -0.136. The number of aromatic nitrogens is 1. The van der Waals surface area contributed by atoms with E-state index in [1.165, 1.54) is 4.90 Å². The second kappa shape index (κ2) is 6.87. The normalized spacial score (nSPS) is 19.0. The second-order valence-electron chi connectivity index (χ2n) is 6.06. The lowest BCUT2D eigenvalue weighted by Crippen LogP contribution is -2.43. The van der Waals surface area contributed by atoms with Crippen LogP contribution in [-0.4, -0.2) is 60.9 Å². The van der Waals surface area contributed by atoms with Gasteiger partial charge in [0.25, 0.3) is 5.91 Å². The summed E-state index contributed by atoms with van der Waals surface area (Å²) >= 11 is 0. The number of hydrogen-bond donors (Lipinski definition) is 1. The fourth-order valence-electron chi connectivity index (χ4n) is 3.19. The molecule has 0 bridgehead atoms. The molecule has 0 unspecified atom stereocenters. The number of rotatable bonds is 5. The van der Waals surface area contributed by atoms with Gasteiger partial charge in [-0.1, -0.05) is 18.2 Å². The van der Waals surface area contributed by atoms with Crippen LogP contribution in [0.25, 0.3) is 10.9 Å². The SMILES string of the molecule is CCN(C(=O)COC(=O)c1c[nH]c2ccccc12)[C@H]1CCS(=O)(=O)C1. The summed E-state index contributed by atoms with van der Waals surface area (Å²) in [5.41, 5.74) is 1.18. The first-order valence-corrected chi connectivity index (χ1v) is 9.96. The molecule has 1 aliphatic rings. The van der Waals surface area contributed by atoms with Crippen molar-refractivity contribution in [3.05, 3.63) is 36.0 Å². The first-order chi connectivity index (χ1) is 11.9. The summed E-state index contributed by atoms with van der Waals surface area (Å²) in [6.07, 6.45) is 1.98. The molecule has 134 valence electrons. The lowest BCUT2D eigenvalue weighted by Gasteiger charge is -2.26. The van der Waals surface area contributed by atoms with Gasteiger partial charge in [0.05, 0.1) is 17.1 Å². The number of benzene rings is 1. The summed E-state index contributed by atoms with van der Waals surface area (Å²) in [5, 5.41) is 0.731. The number of sulfone groups is 1. The molecule has 1 amide bonds. The van der Waals surface area contributed by atoms with E-state index in [0.717, 1.165) is 10.9 Å². The van der Waals surface area contributed by atoms with Gasteiger partial charge in [0.15, 0.2) is 16.4 Å². The molecule has 1 aromatic carbocycles. The number of H-pyrrole nitrogens is 1. The number of nitrogens with zero attached hydrogens (tertiary/aromatic N) is 1. The van der Waals surface area contributed by atoms with Crippen LogP contribution < -0.4 is 0 Å². The minimum absolute atomic E-state index is 0.0248. The molecule has 0 saturated carbocycles. The Kier molecular flexibility index (Phi) is 4.80. The van der Waals surface area contributed by atoms with E-state index in [2.05, 4.69) is 4.98 Å². The van der Waals surface area contributed by atoms with E-state index >= 15 is 0 Å². The number of carbonyl (C=O) groups excluding carboxylic acids is 2. The Morgan fingerprint density at radius 3 is 2.76 bits per heavy atom. The van der Waals surface area contributed by atoms with Crippen LogP contribution in [0, 0.1) is 0 Å². The van der Waals surface area contributed by atoms with Crippen molar-refractivity contribution in [1.82, 2.24) is 9.88 Å². The molecule has 8 heteroatoms. The number of carbonyl (C=O) groups is 2. The number of esters is 1. The Bertz CT molecular complexity index is 903. The molecule has 2 heterocycles. The summed E-state index contributed by atoms with van der Waals surface area (Å²) in [4.78, 5) is 29.1. The number of ether oxygens (including phenoxy) is 1. The first-order valence-electron chi connectivity index (χ1n) is 8.14. The molecule has 1 fully saturated rings. The molecule has 0 aliphatic carbocycles. The molecule has 0 radical (unpaired) electrons. The zero-order valence-electron chi connectivity index (χ0n) is 13.9. The van der Waals surface area contributed by atoms with E-state index in [1.54, 1.807) is 19.2 Å². The average molecular weight is 364 g/mol. The van der Waals surface area contributed by atoms with Crippen LogP contribution in [0.3, 0.4) is 0 Å². The van der Waals surface area contributed by atoms with Crippen LogP contribution >= 0.6 is 0 Å². The van der Waals surface area contributed by atoms with Crippen LogP contribution in [0.4, 0.5) is 0 Å². The zero-order valence-corrected chi connectivity index (χ0v) is 14.7. The minimum Gasteiger partial charge on any atom is -0.452 e. The van der Waals surface area contributed by atoms with Crippen molar-refractivity contribution < 1.29 is 22.7 Å². The molecule has 1 aromatic heterocycles. The van der Waals surface area contributed by atoms with E-state index in [-0.39, 0.29) is 23.5 Å². The summed E-state index contributed by atoms with van der Waals surface area (Å²) in [6, 6.07) is 6.97. The topological polar surface area (TPSA) is 96.5 Å². The largest absolute Gasteiger partial charge is 0.452 e. The highest BCUT2D eigenvalue weighted by atomic mass is 32.2. The predicted molar refractivity (Wildman–Crippen MR) is 93.0 cm³/mol. The molecule has 0 spiro atoms. The molecule has 25 heavy (non-hydrogen) atoms. The van der Waals surface area contributed by atoms with Crippen LogP contribution in [0.15, 0.2) is 30.5 Å². The minimum atomic E-state index is -3.08. The Labute approximate surface area is 145 Å². The molecule has 1 N–H and O–H groups in total. The third-order valence-corrected chi connectivity index (χ3v) is 6.20. The van der Waals surface area contributed by atoms with Gasteiger partial charge in [-0.3, -0.25) is 4.79 Å². The lowest BCUT2D eigenvalue weighted by atomic mass is 10.2. The maximum atomic E-state index is 12.4. The van der Waals surface area contributed by atoms with Crippen molar-refractivity contribution in [2.24, 2.45) is 0 Å². The van der Waals surface area contributed by atoms with Crippen molar-refractivity contribution in [2.75, 3.05) is 24.7 Å². The van der Waals surface area contributed by atoms with Crippen molar-refractivity contribution in [3.8, 4) is 0 Å². The van der Waals surface area contributed by atoms with Gasteiger partial charge in [0.1, 0.15) is 0 Å². The number of aromatic amines is 1. The van der Waals surface area contributed by atoms with Gasteiger partial charge in [0, 0.05) is 29.7 Å². The highest BCUT2D eigenvalue weighted by Gasteiger charge is 2.34. The van der Waals surface area contributed by atoms with Crippen LogP contribution in [0.2, 0.25) is 0 Å². The van der Waals surface area contributed by atoms with Crippen LogP contribution in [0.1, 0.15) is 23.7 Å². The third kappa shape index (κ3) is 3.68. The maximum Gasteiger partial charge on any atom is 0.340 e. The molecular formula is C17H20N2O5S. The van der Waals surface area contributed by atoms with Crippen molar-refractivity contribution in [1.29, 1.82) is 0 Å². The molecule has 1 aliphatic heterocycles. The van der Waals surface area contributed by atoms with Crippen molar-refractivity contribution in [2.45, 2.75) is 19.4 Å². The van der Waals surface area contributed by atoms with E-state index in [1.807, 2.05) is 18.2 Å². The number of hydrogen-bond acceptors (Lipinski definition) is 5. The van der Waals surface area contributed by atoms with E-state index in [4.69, 9.17) is 4.74 Å². The van der Waals surface area contributed by atoms with Crippen molar-refractivity contribution in [3.63, 3.8) is 0 Å². The van der Waals surface area contributed by atoms with Gasteiger partial charge in [0.2, 0.25) is 0 Å². The highest BCUT2D eigenvalue weighted by Crippen LogP contribution is 2.20. The number of likely N-dealkylation sites (N-methyl/N-ethyl adjacent to an activating group) is 1. The smallest absolute Gasteiger partial charge is 0.340 e. The van der Waals surface area contributed by atoms with E-state index in [0.29, 0.717) is 18.5 Å². The fraction of sp³-hybridized carbons (Fsp3) is 0.412. The van der Waals surface area contributed by atoms with Crippen LogP contribution in [0.5, 0.6) is 0 Å². The molecule has 3 rings (SSSR count). The van der Waals surface area contributed by atoms with E-state index < -0.39 is 22.4 Å². The summed E-state index contributed by atoms with van der Waals surface area (Å²) in [7, 11) is -3.08. The fourth-order valence-corrected chi connectivity index (χ4v) is 4.92. The monoisotopic (exact) mass is 364 g/mol. The summed E-state index contributed by atoms with van der Waals surface area (Å²) in [5.74, 6) is -0.891. The first kappa shape index (κ1) is 17.5. The predicted octanol–water partition coefficient (Wildman–Crippen LogP) is 1.36. The second-order valence-corrected chi connectivity index (χ2v) is 8.29. The zero-order chi connectivity index (χ0) is 18.0. The molecule has 2 aromatic rings. The van der Waals surface area contributed by atoms with Gasteiger partial charge in [-0.2, -0.15) is 0 Å². The van der Waals surface area contributed by atoms with Gasteiger partial charge < -0.3 is 14.6 Å². The number of nitrogens with one attached hydrogen (secondary N) is 1. The van der Waals surface area contributed by atoms with Gasteiger partial charge in [-0.15, -0.1) is 0 Å². The van der Waals surface area contributed by atoms with Gasteiger partial charge >= 0.3 is 5.97 Å². The maximum absolute atomic E-state index is 12.4. The van der Waals surface area contributed by atoms with E-state index in [9.17, 15) is 18.0 Å². The van der Waals surface area contributed by atoms with Gasteiger partial charge in [-0.25, -0.2) is 13.2 Å². The number of fused-ring (bicyclic) bond motifs is 1. The summed E-state index contributed by atoms with van der Waals surface area (Å²) in [6.45, 7) is 1.76. The standard InChI is InChI=1S/C17H20N2O5S/c1-2-19(12-7-8-25(22,23)11-12)16(20)10-24-17(21)14-9-18-15-6-4-3-5-13(14)15/h3-6,9,12,18H,2,7-8,10-11H2,1H3/t12-/m0/s1. The number of amides is 1. The molecule has 1 atom stereocenters. The quantitative estimate of drug-likeness (QED) is 0.808. The Hall–Kier alpha value is -2.35. The highest BCUT2D eigenvalue weighted by molar-refractivity contribution is 7.91. The van der Waals surface area contributed by atoms with Gasteiger partial charge in [-0.05, 0) is 19.4 Å². The van der Waals surface area contributed by atoms with Crippen molar-refractivity contribution >= 4 is 32.6 Å². The third-order valence-electron chi connectivity index (χ3n) is 4.45. The van der Waals surface area contributed by atoms with Crippen LogP contribution in [-0.2, 0) is 19.4 Å². The average Bonchev–Trinajstić information content (AvgIpc) is 3.16. The Morgan fingerprint density at radius 1 is 1.32 bits per heavy atom. The molecule has 7 nitrogen and oxygen atoms in total.